The van der Waals surface area contributed by atoms with Crippen molar-refractivity contribution in [3.8, 4) is 22.9 Å². The number of aromatic amines is 1. The van der Waals surface area contributed by atoms with Crippen LogP contribution in [0.3, 0.4) is 0 Å². The normalized spacial score (nSPS) is 10.8. The second-order valence-electron chi connectivity index (χ2n) is 6.98. The Morgan fingerprint density at radius 3 is 2.61 bits per heavy atom. The Balaban J connectivity index is 1.54. The minimum Gasteiger partial charge on any atom is -0.490 e. The first-order chi connectivity index (χ1) is 16.1. The van der Waals surface area contributed by atoms with Gasteiger partial charge in [0.25, 0.3) is 0 Å². The van der Waals surface area contributed by atoms with Crippen LogP contribution in [0.15, 0.2) is 60.9 Å². The second-order valence-corrected chi connectivity index (χ2v) is 8.18. The highest BCUT2D eigenvalue weighted by atomic mass is 35.5. The third-order valence-electron chi connectivity index (χ3n) is 4.75. The van der Waals surface area contributed by atoms with Crippen molar-refractivity contribution in [2.24, 2.45) is 0 Å². The quantitative estimate of drug-likeness (QED) is 0.272. The first-order valence-corrected chi connectivity index (χ1v) is 11.4. The van der Waals surface area contributed by atoms with E-state index in [1.165, 1.54) is 0 Å². The molecule has 7 nitrogen and oxygen atoms in total. The SMILES string of the molecule is CCOc1cc(CNn2c(-c3ccncc3)n[nH]c2=S)cc(Cl)c1OCc1ccccc1Cl. The predicted molar refractivity (Wildman–Crippen MR) is 132 cm³/mol. The molecule has 170 valence electrons. The number of pyridine rings is 1. The third-order valence-corrected chi connectivity index (χ3v) is 5.67. The van der Waals surface area contributed by atoms with Crippen LogP contribution in [0, 0.1) is 4.77 Å². The van der Waals surface area contributed by atoms with Crippen LogP contribution in [0.4, 0.5) is 0 Å². The number of benzene rings is 2. The van der Waals surface area contributed by atoms with E-state index in [1.54, 1.807) is 17.1 Å². The summed E-state index contributed by atoms with van der Waals surface area (Å²) in [5.41, 5.74) is 5.91. The number of nitrogens with zero attached hydrogens (tertiary/aromatic N) is 3. The summed E-state index contributed by atoms with van der Waals surface area (Å²) >= 11 is 18.2. The van der Waals surface area contributed by atoms with Crippen molar-refractivity contribution >= 4 is 35.4 Å². The van der Waals surface area contributed by atoms with Gasteiger partial charge in [0, 0.05) is 28.5 Å². The molecule has 2 aromatic heterocycles. The van der Waals surface area contributed by atoms with Crippen molar-refractivity contribution in [3.63, 3.8) is 0 Å². The fourth-order valence-corrected chi connectivity index (χ4v) is 3.88. The van der Waals surface area contributed by atoms with Gasteiger partial charge in [0.05, 0.1) is 18.2 Å². The Kier molecular flexibility index (Phi) is 7.49. The molecule has 4 rings (SSSR count). The lowest BCUT2D eigenvalue weighted by atomic mass is 10.2. The Labute approximate surface area is 206 Å². The van der Waals surface area contributed by atoms with Crippen molar-refractivity contribution in [1.82, 2.24) is 19.9 Å². The minimum absolute atomic E-state index is 0.274. The smallest absolute Gasteiger partial charge is 0.214 e. The van der Waals surface area contributed by atoms with Crippen LogP contribution in [0.25, 0.3) is 11.4 Å². The fraction of sp³-hybridized carbons (Fsp3) is 0.174. The lowest BCUT2D eigenvalue weighted by molar-refractivity contribution is 0.269. The lowest BCUT2D eigenvalue weighted by Crippen LogP contribution is -2.16. The zero-order valence-corrected chi connectivity index (χ0v) is 20.0. The monoisotopic (exact) mass is 501 g/mol. The van der Waals surface area contributed by atoms with Gasteiger partial charge in [-0.1, -0.05) is 41.4 Å². The van der Waals surface area contributed by atoms with Crippen molar-refractivity contribution < 1.29 is 9.47 Å². The summed E-state index contributed by atoms with van der Waals surface area (Å²) in [6, 6.07) is 14.9. The molecule has 0 saturated heterocycles. The van der Waals surface area contributed by atoms with E-state index < -0.39 is 0 Å². The summed E-state index contributed by atoms with van der Waals surface area (Å²) in [6.45, 7) is 3.07. The van der Waals surface area contributed by atoms with Crippen LogP contribution in [0.1, 0.15) is 18.1 Å². The molecule has 0 radical (unpaired) electrons. The Hall–Kier alpha value is -3.07. The standard InChI is InChI=1S/C23H21Cl2N5O2S/c1-2-31-20-12-15(11-19(25)21(20)32-14-17-5-3-4-6-18(17)24)13-27-30-22(28-29-23(30)33)16-7-9-26-10-8-16/h3-12,27H,2,13-14H2,1H3,(H,29,33). The summed E-state index contributed by atoms with van der Waals surface area (Å²) in [6.07, 6.45) is 3.40. The number of hydrogen-bond acceptors (Lipinski definition) is 6. The number of H-pyrrole nitrogens is 1. The van der Waals surface area contributed by atoms with E-state index in [4.69, 9.17) is 44.9 Å². The molecule has 33 heavy (non-hydrogen) atoms. The second kappa shape index (κ2) is 10.7. The third kappa shape index (κ3) is 5.47. The maximum atomic E-state index is 6.58. The van der Waals surface area contributed by atoms with Gasteiger partial charge in [-0.3, -0.25) is 4.98 Å². The van der Waals surface area contributed by atoms with Crippen LogP contribution in [0.2, 0.25) is 10.0 Å². The number of halogens is 2. The molecule has 0 spiro atoms. The molecule has 0 aliphatic rings. The number of ether oxygens (including phenoxy) is 2. The maximum Gasteiger partial charge on any atom is 0.214 e. The van der Waals surface area contributed by atoms with E-state index in [-0.39, 0.29) is 6.61 Å². The van der Waals surface area contributed by atoms with Crippen molar-refractivity contribution in [1.29, 1.82) is 0 Å². The van der Waals surface area contributed by atoms with E-state index >= 15 is 0 Å². The molecular formula is C23H21Cl2N5O2S. The summed E-state index contributed by atoms with van der Waals surface area (Å²) in [4.78, 5) is 4.04. The van der Waals surface area contributed by atoms with Crippen LogP contribution < -0.4 is 14.9 Å². The van der Waals surface area contributed by atoms with E-state index in [0.717, 1.165) is 16.7 Å². The molecule has 2 N–H and O–H groups in total. The molecule has 10 heteroatoms. The van der Waals surface area contributed by atoms with Gasteiger partial charge >= 0.3 is 0 Å². The summed E-state index contributed by atoms with van der Waals surface area (Å²) < 4.78 is 13.9. The van der Waals surface area contributed by atoms with Gasteiger partial charge in [-0.15, -0.1) is 0 Å². The highest BCUT2D eigenvalue weighted by Gasteiger charge is 2.15. The van der Waals surface area contributed by atoms with Crippen molar-refractivity contribution in [2.45, 2.75) is 20.1 Å². The van der Waals surface area contributed by atoms with Crippen LogP contribution in [0.5, 0.6) is 11.5 Å². The highest BCUT2D eigenvalue weighted by Crippen LogP contribution is 2.37. The fourth-order valence-electron chi connectivity index (χ4n) is 3.20. The molecule has 4 aromatic rings. The van der Waals surface area contributed by atoms with Gasteiger partial charge in [0.15, 0.2) is 17.3 Å². The zero-order valence-electron chi connectivity index (χ0n) is 17.7. The molecule has 0 amide bonds. The zero-order chi connectivity index (χ0) is 23.2. The van der Waals surface area contributed by atoms with Gasteiger partial charge in [0.1, 0.15) is 6.61 Å². The molecule has 0 unspecified atom stereocenters. The molecule has 0 saturated carbocycles. The lowest BCUT2D eigenvalue weighted by Gasteiger charge is -2.16. The average molecular weight is 502 g/mol. The van der Waals surface area contributed by atoms with Gasteiger partial charge in [-0.2, -0.15) is 5.10 Å². The summed E-state index contributed by atoms with van der Waals surface area (Å²) in [7, 11) is 0. The van der Waals surface area contributed by atoms with Crippen molar-refractivity contribution in [2.75, 3.05) is 12.0 Å². The van der Waals surface area contributed by atoms with Gasteiger partial charge in [0.2, 0.25) is 4.77 Å². The van der Waals surface area contributed by atoms with Gasteiger partial charge in [-0.05, 0) is 55.0 Å². The number of aromatic nitrogens is 4. The summed E-state index contributed by atoms with van der Waals surface area (Å²) in [5.74, 6) is 1.68. The van der Waals surface area contributed by atoms with E-state index in [1.807, 2.05) is 55.5 Å². The molecular weight excluding hydrogens is 481 g/mol. The first kappa shape index (κ1) is 23.1. The number of rotatable bonds is 9. The Bertz CT molecular complexity index is 1290. The predicted octanol–water partition coefficient (Wildman–Crippen LogP) is 6.03. The maximum absolute atomic E-state index is 6.58. The minimum atomic E-state index is 0.274. The molecule has 2 aromatic carbocycles. The number of hydrogen-bond donors (Lipinski definition) is 2. The van der Waals surface area contributed by atoms with Crippen LogP contribution in [-0.4, -0.2) is 26.5 Å². The molecule has 0 bridgehead atoms. The molecule has 0 fully saturated rings. The van der Waals surface area contributed by atoms with E-state index in [2.05, 4.69) is 20.6 Å². The van der Waals surface area contributed by atoms with E-state index in [9.17, 15) is 0 Å². The molecule has 0 aliphatic heterocycles. The molecule has 2 heterocycles. The van der Waals surface area contributed by atoms with E-state index in [0.29, 0.717) is 45.3 Å². The molecule has 0 aliphatic carbocycles. The first-order valence-electron chi connectivity index (χ1n) is 10.2. The summed E-state index contributed by atoms with van der Waals surface area (Å²) in [5, 5.41) is 8.20. The van der Waals surface area contributed by atoms with Crippen LogP contribution in [-0.2, 0) is 13.2 Å². The topological polar surface area (TPSA) is 77.0 Å². The largest absolute Gasteiger partial charge is 0.490 e. The Morgan fingerprint density at radius 1 is 1.06 bits per heavy atom. The van der Waals surface area contributed by atoms with Gasteiger partial charge < -0.3 is 14.9 Å². The van der Waals surface area contributed by atoms with Crippen molar-refractivity contribution in [3.05, 3.63) is 86.9 Å². The van der Waals surface area contributed by atoms with Gasteiger partial charge in [-0.25, -0.2) is 9.77 Å². The highest BCUT2D eigenvalue weighted by molar-refractivity contribution is 7.71. The molecule has 0 atom stereocenters. The van der Waals surface area contributed by atoms with Crippen LogP contribution >= 0.6 is 35.4 Å². The Morgan fingerprint density at radius 2 is 1.85 bits per heavy atom. The average Bonchev–Trinajstić information content (AvgIpc) is 3.19. The number of nitrogens with one attached hydrogen (secondary N) is 2.